The molecule has 0 spiro atoms. The average Bonchev–Trinajstić information content (AvgIpc) is 3.06. The van der Waals surface area contributed by atoms with Crippen LogP contribution in [0.15, 0.2) is 40.9 Å². The number of hydrogen-bond donors (Lipinski definition) is 2. The Labute approximate surface area is 178 Å². The highest BCUT2D eigenvalue weighted by molar-refractivity contribution is 9.10. The molecule has 6 nitrogen and oxygen atoms in total. The number of aromatic nitrogens is 3. The summed E-state index contributed by atoms with van der Waals surface area (Å²) >= 11 is 8.87. The van der Waals surface area contributed by atoms with Gasteiger partial charge in [0.1, 0.15) is 6.61 Å². The highest BCUT2D eigenvalue weighted by Crippen LogP contribution is 2.37. The van der Waals surface area contributed by atoms with Gasteiger partial charge in [-0.1, -0.05) is 36.8 Å². The van der Waals surface area contributed by atoms with E-state index in [1.165, 1.54) is 5.56 Å². The smallest absolute Gasteiger partial charge is 0.214 e. The van der Waals surface area contributed by atoms with Gasteiger partial charge < -0.3 is 14.9 Å². The number of hydrogen-bond acceptors (Lipinski definition) is 5. The lowest BCUT2D eigenvalue weighted by Crippen LogP contribution is -2.17. The summed E-state index contributed by atoms with van der Waals surface area (Å²) in [5.74, 6) is 2.21. The van der Waals surface area contributed by atoms with Crippen molar-refractivity contribution < 1.29 is 9.47 Å². The molecular weight excluding hydrogens is 440 g/mol. The normalized spacial score (nSPS) is 10.7. The number of ether oxygens (including phenoxy) is 2. The lowest BCUT2D eigenvalue weighted by Gasteiger charge is -2.15. The number of benzene rings is 2. The van der Waals surface area contributed by atoms with Gasteiger partial charge in [-0.15, -0.1) is 0 Å². The summed E-state index contributed by atoms with van der Waals surface area (Å²) < 4.78 is 14.7. The fourth-order valence-corrected chi connectivity index (χ4v) is 3.57. The first kappa shape index (κ1) is 20.4. The highest BCUT2D eigenvalue weighted by Gasteiger charge is 2.13. The summed E-state index contributed by atoms with van der Waals surface area (Å²) in [6.45, 7) is 5.13. The van der Waals surface area contributed by atoms with Crippen molar-refractivity contribution in [1.29, 1.82) is 0 Å². The van der Waals surface area contributed by atoms with Crippen LogP contribution in [0, 0.1) is 11.7 Å². The second-order valence-electron chi connectivity index (χ2n) is 6.35. The lowest BCUT2D eigenvalue weighted by atomic mass is 10.1. The largest absolute Gasteiger partial charge is 0.493 e. The summed E-state index contributed by atoms with van der Waals surface area (Å²) in [4.78, 5) is 0. The molecule has 2 N–H and O–H groups in total. The molecule has 0 radical (unpaired) electrons. The van der Waals surface area contributed by atoms with Gasteiger partial charge in [0.2, 0.25) is 4.77 Å². The fraction of sp³-hybridized carbons (Fsp3) is 0.300. The number of rotatable bonds is 8. The minimum absolute atomic E-state index is 0.469. The minimum atomic E-state index is 0.469. The Morgan fingerprint density at radius 1 is 1.21 bits per heavy atom. The Morgan fingerprint density at radius 2 is 1.96 bits per heavy atom. The number of nitrogens with zero attached hydrogens (tertiary/aromatic N) is 2. The SMILES string of the molecule is CCc1n[nH]c(=S)n1NCc1cc(Br)c(OCc2ccc(C)cc2)c(OC)c1. The zero-order valence-electron chi connectivity index (χ0n) is 16.1. The molecule has 0 aliphatic rings. The molecule has 0 bridgehead atoms. The summed E-state index contributed by atoms with van der Waals surface area (Å²) in [5, 5.41) is 7.00. The standard InChI is InChI=1S/C20H23BrN4O2S/c1-4-18-23-24-20(28)25(18)22-11-15-9-16(21)19(17(10-15)26-3)27-12-14-7-5-13(2)6-8-14/h5-10,22H,4,11-12H2,1-3H3,(H,24,28). The van der Waals surface area contributed by atoms with Gasteiger partial charge in [-0.25, -0.2) is 4.68 Å². The van der Waals surface area contributed by atoms with Crippen LogP contribution in [0.4, 0.5) is 0 Å². The second-order valence-corrected chi connectivity index (χ2v) is 7.59. The number of H-pyrrole nitrogens is 1. The van der Waals surface area contributed by atoms with Gasteiger partial charge in [0.05, 0.1) is 18.1 Å². The number of aryl methyl sites for hydroxylation is 2. The Morgan fingerprint density at radius 3 is 2.64 bits per heavy atom. The van der Waals surface area contributed by atoms with Crippen molar-refractivity contribution in [3.8, 4) is 11.5 Å². The van der Waals surface area contributed by atoms with Gasteiger partial charge in [0, 0.05) is 6.42 Å². The third-order valence-electron chi connectivity index (χ3n) is 4.29. The molecule has 0 aliphatic heterocycles. The van der Waals surface area contributed by atoms with E-state index in [0.29, 0.717) is 29.4 Å². The zero-order valence-corrected chi connectivity index (χ0v) is 18.5. The van der Waals surface area contributed by atoms with Gasteiger partial charge in [0.15, 0.2) is 17.3 Å². The second kappa shape index (κ2) is 9.25. The molecule has 0 saturated carbocycles. The maximum atomic E-state index is 6.02. The van der Waals surface area contributed by atoms with E-state index in [0.717, 1.165) is 27.8 Å². The van der Waals surface area contributed by atoms with Crippen molar-refractivity contribution in [3.05, 3.63) is 68.2 Å². The van der Waals surface area contributed by atoms with E-state index in [1.54, 1.807) is 11.8 Å². The van der Waals surface area contributed by atoms with Gasteiger partial charge in [-0.3, -0.25) is 5.10 Å². The molecule has 1 aromatic heterocycles. The van der Waals surface area contributed by atoms with Crippen molar-refractivity contribution >= 4 is 28.1 Å². The summed E-state index contributed by atoms with van der Waals surface area (Å²) in [7, 11) is 1.64. The van der Waals surface area contributed by atoms with Crippen molar-refractivity contribution in [1.82, 2.24) is 14.9 Å². The van der Waals surface area contributed by atoms with Gasteiger partial charge >= 0.3 is 0 Å². The number of nitrogens with one attached hydrogen (secondary N) is 2. The van der Waals surface area contributed by atoms with Gasteiger partial charge in [-0.2, -0.15) is 5.10 Å². The van der Waals surface area contributed by atoms with E-state index in [1.807, 2.05) is 19.1 Å². The molecule has 148 valence electrons. The highest BCUT2D eigenvalue weighted by atomic mass is 79.9. The summed E-state index contributed by atoms with van der Waals surface area (Å²) in [6.07, 6.45) is 0.777. The number of methoxy groups -OCH3 is 1. The quantitative estimate of drug-likeness (QED) is 0.465. The van der Waals surface area contributed by atoms with E-state index in [4.69, 9.17) is 21.7 Å². The van der Waals surface area contributed by atoms with Crippen LogP contribution < -0.4 is 14.9 Å². The average molecular weight is 463 g/mol. The molecule has 0 saturated heterocycles. The van der Waals surface area contributed by atoms with Crippen LogP contribution in [0.25, 0.3) is 0 Å². The van der Waals surface area contributed by atoms with Crippen molar-refractivity contribution in [2.75, 3.05) is 12.5 Å². The van der Waals surface area contributed by atoms with Crippen LogP contribution in [0.5, 0.6) is 11.5 Å². The molecule has 8 heteroatoms. The summed E-state index contributed by atoms with van der Waals surface area (Å²) in [6, 6.07) is 12.2. The predicted molar refractivity (Wildman–Crippen MR) is 116 cm³/mol. The molecule has 3 aromatic rings. The first-order chi connectivity index (χ1) is 13.5. The molecule has 3 rings (SSSR count). The van der Waals surface area contributed by atoms with Gasteiger partial charge in [0.25, 0.3) is 0 Å². The molecule has 0 atom stereocenters. The molecule has 2 aromatic carbocycles. The third-order valence-corrected chi connectivity index (χ3v) is 5.16. The van der Waals surface area contributed by atoms with Crippen LogP contribution >= 0.6 is 28.1 Å². The van der Waals surface area contributed by atoms with E-state index in [2.05, 4.69) is 62.7 Å². The molecule has 28 heavy (non-hydrogen) atoms. The van der Waals surface area contributed by atoms with Crippen LogP contribution in [0.1, 0.15) is 29.4 Å². The van der Waals surface area contributed by atoms with E-state index >= 15 is 0 Å². The zero-order chi connectivity index (χ0) is 20.1. The van der Waals surface area contributed by atoms with Gasteiger partial charge in [-0.05, 0) is 58.3 Å². The monoisotopic (exact) mass is 462 g/mol. The van der Waals surface area contributed by atoms with E-state index in [9.17, 15) is 0 Å². The van der Waals surface area contributed by atoms with Crippen molar-refractivity contribution in [2.45, 2.75) is 33.4 Å². The Hall–Kier alpha value is -2.32. The van der Waals surface area contributed by atoms with Crippen molar-refractivity contribution in [3.63, 3.8) is 0 Å². The van der Waals surface area contributed by atoms with Crippen molar-refractivity contribution in [2.24, 2.45) is 0 Å². The number of halogens is 1. The van der Waals surface area contributed by atoms with Crippen LogP contribution in [0.2, 0.25) is 0 Å². The van der Waals surface area contributed by atoms with Crippen LogP contribution in [-0.2, 0) is 19.6 Å². The topological polar surface area (TPSA) is 64.1 Å². The molecule has 0 unspecified atom stereocenters. The number of aromatic amines is 1. The lowest BCUT2D eigenvalue weighted by molar-refractivity contribution is 0.282. The molecule has 0 amide bonds. The Balaban J connectivity index is 1.74. The first-order valence-electron chi connectivity index (χ1n) is 8.96. The maximum Gasteiger partial charge on any atom is 0.214 e. The summed E-state index contributed by atoms with van der Waals surface area (Å²) in [5.41, 5.74) is 6.64. The Kier molecular flexibility index (Phi) is 6.74. The molecular formula is C20H23BrN4O2S. The van der Waals surface area contributed by atoms with E-state index < -0.39 is 0 Å². The predicted octanol–water partition coefficient (Wildman–Crippen LogP) is 4.91. The minimum Gasteiger partial charge on any atom is -0.493 e. The Bertz CT molecular complexity index is 998. The van der Waals surface area contributed by atoms with Crippen LogP contribution in [0.3, 0.4) is 0 Å². The molecule has 0 fully saturated rings. The molecule has 0 aliphatic carbocycles. The fourth-order valence-electron chi connectivity index (χ4n) is 2.76. The maximum absolute atomic E-state index is 6.02. The first-order valence-corrected chi connectivity index (χ1v) is 10.2. The van der Waals surface area contributed by atoms with Crippen LogP contribution in [-0.4, -0.2) is 22.0 Å². The van der Waals surface area contributed by atoms with E-state index in [-0.39, 0.29) is 0 Å². The third kappa shape index (κ3) is 4.74. The molecule has 1 heterocycles.